The summed E-state index contributed by atoms with van der Waals surface area (Å²) in [7, 11) is 4.38. The third-order valence-corrected chi connectivity index (χ3v) is 6.60. The van der Waals surface area contributed by atoms with Crippen molar-refractivity contribution in [2.75, 3.05) is 47.3 Å². The number of anilines is 2. The molecule has 0 saturated carbocycles. The molecule has 0 amide bonds. The van der Waals surface area contributed by atoms with Crippen LogP contribution in [0.4, 0.5) is 11.4 Å². The fourth-order valence-electron chi connectivity index (χ4n) is 3.23. The molecule has 0 unspecified atom stereocenters. The minimum Gasteiger partial charge on any atom is -1.00 e. The van der Waals surface area contributed by atoms with Crippen LogP contribution < -0.4 is 31.6 Å². The van der Waals surface area contributed by atoms with Gasteiger partial charge in [-0.15, -0.1) is 0 Å². The van der Waals surface area contributed by atoms with Crippen molar-refractivity contribution in [3.63, 3.8) is 0 Å². The normalized spacial score (nSPS) is 13.8. The average Bonchev–Trinajstić information content (AvgIpc) is 3.47. The van der Waals surface area contributed by atoms with Gasteiger partial charge in [0.1, 0.15) is 0 Å². The zero-order chi connectivity index (χ0) is 20.9. The molecular formula is C24H36Cl2N2O2Ti. The van der Waals surface area contributed by atoms with Crippen LogP contribution in [0.2, 0.25) is 0 Å². The predicted molar refractivity (Wildman–Crippen MR) is 119 cm³/mol. The molecule has 0 aromatic heterocycles. The minimum atomic E-state index is -0.374. The summed E-state index contributed by atoms with van der Waals surface area (Å²) >= 11 is -0.374. The summed E-state index contributed by atoms with van der Waals surface area (Å²) < 4.78 is 14.7. The molecule has 2 aliphatic heterocycles. The van der Waals surface area contributed by atoms with Gasteiger partial charge in [0.05, 0.1) is 0 Å². The second kappa shape index (κ2) is 17.8. The van der Waals surface area contributed by atoms with E-state index in [0.717, 1.165) is 26.4 Å². The number of aryl methyl sites for hydroxylation is 2. The van der Waals surface area contributed by atoms with Gasteiger partial charge in [-0.05, 0) is 25.7 Å². The number of para-hydroxylation sites is 2. The molecule has 2 aromatic carbocycles. The van der Waals surface area contributed by atoms with Crippen LogP contribution in [-0.2, 0) is 29.1 Å². The van der Waals surface area contributed by atoms with Crippen molar-refractivity contribution in [3.05, 3.63) is 59.7 Å². The molecule has 0 spiro atoms. The first-order valence-corrected chi connectivity index (χ1v) is 12.0. The van der Waals surface area contributed by atoms with Crippen molar-refractivity contribution in [1.29, 1.82) is 0 Å². The zero-order valence-electron chi connectivity index (χ0n) is 19.2. The zero-order valence-corrected chi connectivity index (χ0v) is 22.3. The van der Waals surface area contributed by atoms with Crippen LogP contribution in [0.1, 0.15) is 36.8 Å². The largest absolute Gasteiger partial charge is 1.00 e. The molecule has 0 aliphatic carbocycles. The van der Waals surface area contributed by atoms with Crippen molar-refractivity contribution in [1.82, 2.24) is 0 Å². The van der Waals surface area contributed by atoms with E-state index in [1.807, 2.05) is 0 Å². The van der Waals surface area contributed by atoms with E-state index in [1.54, 1.807) is 0 Å². The van der Waals surface area contributed by atoms with Gasteiger partial charge in [-0.3, -0.25) is 0 Å². The van der Waals surface area contributed by atoms with Gasteiger partial charge in [0.25, 0.3) is 0 Å². The number of halogens is 2. The third-order valence-electron chi connectivity index (χ3n) is 4.91. The molecule has 0 radical (unpaired) electrons. The van der Waals surface area contributed by atoms with E-state index in [-0.39, 0.29) is 44.5 Å². The van der Waals surface area contributed by atoms with Crippen LogP contribution >= 0.6 is 0 Å². The summed E-state index contributed by atoms with van der Waals surface area (Å²) in [6, 6.07) is 17.2. The summed E-state index contributed by atoms with van der Waals surface area (Å²) in [6.07, 6.45) is 5.11. The van der Waals surface area contributed by atoms with E-state index >= 15 is 0 Å². The van der Waals surface area contributed by atoms with Crippen LogP contribution in [0.25, 0.3) is 0 Å². The van der Waals surface area contributed by atoms with Gasteiger partial charge in [-0.2, -0.15) is 0 Å². The number of benzene rings is 2. The molecule has 2 heterocycles. The Bertz CT molecular complexity index is 639. The number of hydrogen-bond donors (Lipinski definition) is 0. The molecule has 2 aliphatic rings. The summed E-state index contributed by atoms with van der Waals surface area (Å²) in [6.45, 7) is 8.34. The number of ether oxygens (including phenoxy) is 2. The summed E-state index contributed by atoms with van der Waals surface area (Å²) in [5.74, 6) is 0. The molecule has 172 valence electrons. The number of hydrogen-bond acceptors (Lipinski definition) is 4. The maximum Gasteiger partial charge on any atom is -1.00 e. The van der Waals surface area contributed by atoms with Gasteiger partial charge in [0.15, 0.2) is 0 Å². The Kier molecular flexibility index (Phi) is 17.3. The third kappa shape index (κ3) is 11.6. The second-order valence-electron chi connectivity index (χ2n) is 7.43. The molecule has 2 saturated heterocycles. The smallest absolute Gasteiger partial charge is 1.00 e. The first-order valence-electron chi connectivity index (χ1n) is 10.6. The van der Waals surface area contributed by atoms with Gasteiger partial charge in [0.2, 0.25) is 0 Å². The average molecular weight is 503 g/mol. The van der Waals surface area contributed by atoms with Crippen molar-refractivity contribution in [3.8, 4) is 0 Å². The van der Waals surface area contributed by atoms with Crippen LogP contribution in [0.3, 0.4) is 0 Å². The van der Waals surface area contributed by atoms with E-state index < -0.39 is 0 Å². The molecule has 0 atom stereocenters. The number of nitrogens with zero attached hydrogens (tertiary/aromatic N) is 2. The molecule has 2 fully saturated rings. The monoisotopic (exact) mass is 502 g/mol. The van der Waals surface area contributed by atoms with Crippen molar-refractivity contribution in [2.45, 2.75) is 39.5 Å². The molecular weight excluding hydrogens is 467 g/mol. The van der Waals surface area contributed by atoms with Crippen molar-refractivity contribution < 1.29 is 54.0 Å². The number of rotatable bonds is 4. The Labute approximate surface area is 211 Å². The van der Waals surface area contributed by atoms with Gasteiger partial charge in [-0.1, -0.05) is 0 Å². The Morgan fingerprint density at radius 3 is 1.19 bits per heavy atom. The minimum absolute atomic E-state index is 0. The quantitative estimate of drug-likeness (QED) is 0.521. The van der Waals surface area contributed by atoms with E-state index in [0.29, 0.717) is 0 Å². The van der Waals surface area contributed by atoms with Crippen LogP contribution in [0, 0.1) is 13.8 Å². The fraction of sp³-hybridized carbons (Fsp3) is 0.500. The maximum atomic E-state index is 4.94. The Morgan fingerprint density at radius 1 is 0.613 bits per heavy atom. The Balaban J connectivity index is 0.000000615. The molecule has 4 nitrogen and oxygen atoms in total. The van der Waals surface area contributed by atoms with Crippen molar-refractivity contribution in [2.24, 2.45) is 0 Å². The van der Waals surface area contributed by atoms with Gasteiger partial charge in [0, 0.05) is 26.4 Å². The molecule has 7 heteroatoms. The standard InChI is InChI=1S/2C8H10N.2C4H8O.2ClH.Ti/c2*1-7-5-3-4-6-8(7)9-2;2*1-2-4-5-3-1;;;/h2*3-6H,1-2H3;2*1-4H2;2*1H;/q2*-1;;;;;+4/p-2. The summed E-state index contributed by atoms with van der Waals surface area (Å²) in [4.78, 5) is 0. The predicted octanol–water partition coefficient (Wildman–Crippen LogP) is -0.610. The van der Waals surface area contributed by atoms with E-state index in [2.05, 4.69) is 83.2 Å². The molecule has 0 N–H and O–H groups in total. The first kappa shape index (κ1) is 30.3. The Hall–Kier alpha value is -0.746. The van der Waals surface area contributed by atoms with Crippen LogP contribution in [0.15, 0.2) is 48.5 Å². The second-order valence-corrected chi connectivity index (χ2v) is 9.84. The van der Waals surface area contributed by atoms with E-state index in [4.69, 9.17) is 9.47 Å². The first-order chi connectivity index (χ1) is 14.1. The Morgan fingerprint density at radius 2 is 0.935 bits per heavy atom. The van der Waals surface area contributed by atoms with Crippen LogP contribution in [-0.4, -0.2) is 40.5 Å². The fourth-order valence-corrected chi connectivity index (χ4v) is 5.06. The van der Waals surface area contributed by atoms with Gasteiger partial charge in [-0.25, -0.2) is 0 Å². The molecule has 2 aromatic rings. The van der Waals surface area contributed by atoms with Gasteiger partial charge >= 0.3 is 125 Å². The summed E-state index contributed by atoms with van der Waals surface area (Å²) in [5, 5.41) is 0. The van der Waals surface area contributed by atoms with E-state index in [1.165, 1.54) is 48.2 Å². The SMILES string of the molecule is C1CCOC1.C1CCOC1.Cc1ccccc1[N](C)[Ti+2][N](C)c1ccccc1C.[Cl-].[Cl-]. The summed E-state index contributed by atoms with van der Waals surface area (Å²) in [5.41, 5.74) is 5.35. The topological polar surface area (TPSA) is 24.9 Å². The molecule has 4 rings (SSSR count). The van der Waals surface area contributed by atoms with Gasteiger partial charge < -0.3 is 34.3 Å². The molecule has 31 heavy (non-hydrogen) atoms. The van der Waals surface area contributed by atoms with Crippen LogP contribution in [0.5, 0.6) is 0 Å². The van der Waals surface area contributed by atoms with E-state index in [9.17, 15) is 0 Å². The van der Waals surface area contributed by atoms with Crippen molar-refractivity contribution >= 4 is 11.4 Å². The maximum absolute atomic E-state index is 4.94. The molecule has 0 bridgehead atoms.